The zero-order valence-electron chi connectivity index (χ0n) is 19.3. The van der Waals surface area contributed by atoms with Crippen LogP contribution < -0.4 is 0 Å². The van der Waals surface area contributed by atoms with Gasteiger partial charge in [0, 0.05) is 22.0 Å². The molecule has 0 bridgehead atoms. The van der Waals surface area contributed by atoms with Crippen LogP contribution in [0, 0.1) is 13.8 Å². The summed E-state index contributed by atoms with van der Waals surface area (Å²) in [7, 11) is 0. The number of hydrogen-bond acceptors (Lipinski definition) is 2. The summed E-state index contributed by atoms with van der Waals surface area (Å²) in [5.41, 5.74) is 11.2. The van der Waals surface area contributed by atoms with Crippen molar-refractivity contribution in [2.24, 2.45) is 0 Å². The van der Waals surface area contributed by atoms with Gasteiger partial charge < -0.3 is 0 Å². The molecule has 2 heterocycles. The highest BCUT2D eigenvalue weighted by Crippen LogP contribution is 2.34. The third-order valence-electron chi connectivity index (χ3n) is 6.44. The van der Waals surface area contributed by atoms with Gasteiger partial charge in [-0.25, -0.2) is 4.98 Å². The van der Waals surface area contributed by atoms with Crippen molar-refractivity contribution >= 4 is 21.8 Å². The van der Waals surface area contributed by atoms with Crippen LogP contribution >= 0.6 is 0 Å². The summed E-state index contributed by atoms with van der Waals surface area (Å²) in [5, 5.41) is 2.35. The van der Waals surface area contributed by atoms with Crippen LogP contribution in [0.15, 0.2) is 109 Å². The maximum atomic E-state index is 5.02. The average molecular weight is 437 g/mol. The van der Waals surface area contributed by atoms with Crippen LogP contribution in [-0.2, 0) is 0 Å². The second-order valence-electron chi connectivity index (χ2n) is 8.83. The van der Waals surface area contributed by atoms with Crippen molar-refractivity contribution in [3.63, 3.8) is 0 Å². The van der Waals surface area contributed by atoms with Crippen LogP contribution in [0.25, 0.3) is 55.3 Å². The lowest BCUT2D eigenvalue weighted by Crippen LogP contribution is -1.91. The van der Waals surface area contributed by atoms with Gasteiger partial charge in [0.1, 0.15) is 0 Å². The van der Waals surface area contributed by atoms with Gasteiger partial charge >= 0.3 is 0 Å². The highest BCUT2D eigenvalue weighted by atomic mass is 14.7. The number of nitrogens with zero attached hydrogens (tertiary/aromatic N) is 2. The van der Waals surface area contributed by atoms with Gasteiger partial charge in [-0.2, -0.15) is 0 Å². The third-order valence-corrected chi connectivity index (χ3v) is 6.44. The van der Waals surface area contributed by atoms with Crippen molar-refractivity contribution in [3.8, 4) is 33.5 Å². The lowest BCUT2D eigenvalue weighted by molar-refractivity contribution is 1.26. The molecule has 34 heavy (non-hydrogen) atoms. The number of hydrogen-bond donors (Lipinski definition) is 0. The standard InChI is InChI=1S/C32H24N2/c1-21-17-31(24-11-7-4-8-12-24)34-32-20-26(13-15-27(21)32)25-14-16-30-29(19-25)28(18-22(2)33-30)23-9-5-3-6-10-23/h3-20H,1-2H3. The lowest BCUT2D eigenvalue weighted by Gasteiger charge is -2.12. The van der Waals surface area contributed by atoms with E-state index >= 15 is 0 Å². The lowest BCUT2D eigenvalue weighted by atomic mass is 9.95. The van der Waals surface area contributed by atoms with Crippen LogP contribution in [0.4, 0.5) is 0 Å². The smallest absolute Gasteiger partial charge is 0.0718 e. The molecule has 0 atom stereocenters. The molecule has 0 unspecified atom stereocenters. The maximum Gasteiger partial charge on any atom is 0.0718 e. The Kier molecular flexibility index (Phi) is 4.92. The molecule has 6 rings (SSSR count). The van der Waals surface area contributed by atoms with Crippen LogP contribution in [0.2, 0.25) is 0 Å². The molecular formula is C32H24N2. The Balaban J connectivity index is 1.52. The molecule has 0 amide bonds. The van der Waals surface area contributed by atoms with E-state index < -0.39 is 0 Å². The van der Waals surface area contributed by atoms with Crippen molar-refractivity contribution in [3.05, 3.63) is 120 Å². The molecule has 4 aromatic carbocycles. The van der Waals surface area contributed by atoms with E-state index in [1.807, 2.05) is 6.07 Å². The minimum absolute atomic E-state index is 1.01. The van der Waals surface area contributed by atoms with Gasteiger partial charge in [-0.15, -0.1) is 0 Å². The Labute approximate surface area is 199 Å². The van der Waals surface area contributed by atoms with Gasteiger partial charge in [0.05, 0.1) is 16.7 Å². The molecule has 0 aliphatic rings. The fourth-order valence-corrected chi connectivity index (χ4v) is 4.73. The Bertz CT molecular complexity index is 1650. The van der Waals surface area contributed by atoms with Crippen molar-refractivity contribution in [1.82, 2.24) is 9.97 Å². The second kappa shape index (κ2) is 8.24. The molecule has 6 aromatic rings. The maximum absolute atomic E-state index is 5.02. The Morgan fingerprint density at radius 3 is 1.91 bits per heavy atom. The monoisotopic (exact) mass is 436 g/mol. The molecule has 162 valence electrons. The molecule has 0 aliphatic carbocycles. The Morgan fingerprint density at radius 1 is 0.471 bits per heavy atom. The molecule has 0 saturated carbocycles. The number of rotatable bonds is 3. The summed E-state index contributed by atoms with van der Waals surface area (Å²) in [5.74, 6) is 0. The molecule has 0 fully saturated rings. The summed E-state index contributed by atoms with van der Waals surface area (Å²) in [6.07, 6.45) is 0. The fourth-order valence-electron chi connectivity index (χ4n) is 4.73. The molecule has 0 saturated heterocycles. The first kappa shape index (κ1) is 20.3. The van der Waals surface area contributed by atoms with Gasteiger partial charge in [-0.3, -0.25) is 4.98 Å². The van der Waals surface area contributed by atoms with Gasteiger partial charge in [0.2, 0.25) is 0 Å². The molecule has 0 aliphatic heterocycles. The van der Waals surface area contributed by atoms with E-state index in [9.17, 15) is 0 Å². The summed E-state index contributed by atoms with van der Waals surface area (Å²) < 4.78 is 0. The highest BCUT2D eigenvalue weighted by molar-refractivity contribution is 5.98. The minimum Gasteiger partial charge on any atom is -0.253 e. The summed E-state index contributed by atoms with van der Waals surface area (Å²) in [6.45, 7) is 4.22. The van der Waals surface area contributed by atoms with Crippen molar-refractivity contribution in [1.29, 1.82) is 0 Å². The molecule has 0 N–H and O–H groups in total. The van der Waals surface area contributed by atoms with E-state index in [4.69, 9.17) is 9.97 Å². The van der Waals surface area contributed by atoms with Crippen LogP contribution in [0.3, 0.4) is 0 Å². The topological polar surface area (TPSA) is 25.8 Å². The molecule has 2 nitrogen and oxygen atoms in total. The predicted molar refractivity (Wildman–Crippen MR) is 143 cm³/mol. The average Bonchev–Trinajstić information content (AvgIpc) is 2.88. The quantitative estimate of drug-likeness (QED) is 0.278. The Morgan fingerprint density at radius 2 is 1.15 bits per heavy atom. The van der Waals surface area contributed by atoms with Gasteiger partial charge in [-0.1, -0.05) is 78.9 Å². The van der Waals surface area contributed by atoms with E-state index in [-0.39, 0.29) is 0 Å². The Hall–Kier alpha value is -4.30. The largest absolute Gasteiger partial charge is 0.253 e. The van der Waals surface area contributed by atoms with Gasteiger partial charge in [-0.05, 0) is 72.0 Å². The fraction of sp³-hybridized carbons (Fsp3) is 0.0625. The molecule has 0 spiro atoms. The summed E-state index contributed by atoms with van der Waals surface area (Å²) >= 11 is 0. The highest BCUT2D eigenvalue weighted by Gasteiger charge is 2.10. The summed E-state index contributed by atoms with van der Waals surface area (Å²) in [4.78, 5) is 9.81. The van der Waals surface area contributed by atoms with E-state index in [0.29, 0.717) is 0 Å². The van der Waals surface area contributed by atoms with E-state index in [1.165, 1.54) is 27.6 Å². The number of pyridine rings is 2. The third kappa shape index (κ3) is 3.64. The van der Waals surface area contributed by atoms with Crippen molar-refractivity contribution in [2.45, 2.75) is 13.8 Å². The van der Waals surface area contributed by atoms with Crippen molar-refractivity contribution < 1.29 is 0 Å². The first-order valence-corrected chi connectivity index (χ1v) is 11.6. The molecule has 2 aromatic heterocycles. The molecule has 2 heteroatoms. The van der Waals surface area contributed by atoms with E-state index in [1.54, 1.807) is 0 Å². The SMILES string of the molecule is Cc1cc(-c2ccccc2)c2cc(-c3ccc4c(C)cc(-c5ccccc5)nc4c3)ccc2n1. The number of aromatic nitrogens is 2. The van der Waals surface area contributed by atoms with Crippen LogP contribution in [0.5, 0.6) is 0 Å². The first-order chi connectivity index (χ1) is 16.7. The van der Waals surface area contributed by atoms with Gasteiger partial charge in [0.15, 0.2) is 0 Å². The normalized spacial score (nSPS) is 11.2. The molecule has 0 radical (unpaired) electrons. The van der Waals surface area contributed by atoms with Crippen molar-refractivity contribution in [2.75, 3.05) is 0 Å². The van der Waals surface area contributed by atoms with E-state index in [2.05, 4.69) is 117 Å². The number of aryl methyl sites for hydroxylation is 2. The minimum atomic E-state index is 1.01. The molecular weight excluding hydrogens is 412 g/mol. The van der Waals surface area contributed by atoms with Gasteiger partial charge in [0.25, 0.3) is 0 Å². The zero-order valence-corrected chi connectivity index (χ0v) is 19.3. The first-order valence-electron chi connectivity index (χ1n) is 11.6. The number of fused-ring (bicyclic) bond motifs is 2. The zero-order chi connectivity index (χ0) is 23.1. The van der Waals surface area contributed by atoms with Crippen LogP contribution in [-0.4, -0.2) is 9.97 Å². The predicted octanol–water partition coefficient (Wildman–Crippen LogP) is 8.40. The number of benzene rings is 4. The van der Waals surface area contributed by atoms with Crippen LogP contribution in [0.1, 0.15) is 11.3 Å². The second-order valence-corrected chi connectivity index (χ2v) is 8.83. The van der Waals surface area contributed by atoms with E-state index in [0.717, 1.165) is 38.9 Å². The summed E-state index contributed by atoms with van der Waals surface area (Å²) in [6, 6.07) is 38.4.